The minimum absolute atomic E-state index is 0.00926. The van der Waals surface area contributed by atoms with E-state index in [2.05, 4.69) is 156 Å². The van der Waals surface area contributed by atoms with Gasteiger partial charge in [-0.2, -0.15) is 0 Å². The SMILES string of the molecule is CC(C)C(=O)CCCO.CC(C)C(=O)N1CCC(O)CC1.CC(C)C(=O)N1CCN(C)CC1.CC(C)C(=O)NC1CCC(O)CC1.CC(C)C(=O)NC1CCN(C)CC1.CC(C)C(=O)NC1CCN(C)CC1.CC(C)C(=O)O.CC(C)C(N)=O.CC(C)CCO.CC(C)N1CCC(C(N)=O)CC1.CC(C)N1CCC(O)CC1.CC(C)N1CCN(C)CC1.CCC(=O)C(C)C.CN1CCN(C2CCN(C(=O)C(C)(C)C)CC2)CC1. The van der Waals surface area contributed by atoms with Crippen molar-refractivity contribution in [3.63, 3.8) is 0 Å². The number of rotatable bonds is 23. The lowest BCUT2D eigenvalue weighted by Crippen LogP contribution is -2.53. The van der Waals surface area contributed by atoms with E-state index < -0.39 is 5.97 Å². The highest BCUT2D eigenvalue weighted by Gasteiger charge is 2.35. The molecule has 9 saturated heterocycles. The van der Waals surface area contributed by atoms with Crippen molar-refractivity contribution in [3.8, 4) is 0 Å². The molecule has 9 aliphatic heterocycles. The molecule has 1 aliphatic carbocycles. The zero-order chi connectivity index (χ0) is 115. The Bertz CT molecular complexity index is 3240. The van der Waals surface area contributed by atoms with Gasteiger partial charge in [-0.1, -0.05) is 166 Å². The van der Waals surface area contributed by atoms with E-state index in [1.807, 2.05) is 134 Å². The van der Waals surface area contributed by atoms with Crippen LogP contribution in [0.5, 0.6) is 0 Å². The van der Waals surface area contributed by atoms with Crippen molar-refractivity contribution in [1.29, 1.82) is 0 Å². The maximum absolute atomic E-state index is 12.3. The minimum Gasteiger partial charge on any atom is -0.481 e. The second-order valence-electron chi connectivity index (χ2n) is 47.2. The van der Waals surface area contributed by atoms with Crippen molar-refractivity contribution >= 4 is 64.8 Å². The lowest BCUT2D eigenvalue weighted by Gasteiger charge is -2.43. The third kappa shape index (κ3) is 75.7. The van der Waals surface area contributed by atoms with Gasteiger partial charge in [-0.3, -0.25) is 62.5 Å². The van der Waals surface area contributed by atoms with Crippen LogP contribution in [0, 0.1) is 70.5 Å². The number of nitrogens with one attached hydrogen (secondary N) is 3. The normalized spacial score (nSPS) is 19.8. The number of carboxylic acids is 1. The number of carboxylic acid groups (broad SMARTS) is 1. The number of piperazine rings is 3. The number of hydrogen-bond acceptors (Lipinski definition) is 25. The Morgan fingerprint density at radius 1 is 0.324 bits per heavy atom. The molecule has 0 aromatic rings. The molecule has 0 unspecified atom stereocenters. The first-order valence-electron chi connectivity index (χ1n) is 57.1. The molecule has 34 nitrogen and oxygen atoms in total. The van der Waals surface area contributed by atoms with Gasteiger partial charge in [-0.25, -0.2) is 0 Å². The van der Waals surface area contributed by atoms with E-state index >= 15 is 0 Å². The number of hydrogen-bond donors (Lipinski definition) is 11. The molecule has 10 aliphatic rings. The highest BCUT2D eigenvalue weighted by molar-refractivity contribution is 5.83. The number of likely N-dealkylation sites (tertiary alicyclic amines) is 6. The lowest BCUT2D eigenvalue weighted by molar-refractivity contribution is -0.141. The highest BCUT2D eigenvalue weighted by atomic mass is 16.4. The number of amides is 8. The molecule has 148 heavy (non-hydrogen) atoms. The van der Waals surface area contributed by atoms with Crippen LogP contribution >= 0.6 is 0 Å². The third-order valence-electron chi connectivity index (χ3n) is 27.9. The van der Waals surface area contributed by atoms with Gasteiger partial charge < -0.3 is 107 Å². The Morgan fingerprint density at radius 3 is 0.878 bits per heavy atom. The molecule has 0 aromatic heterocycles. The number of piperidine rings is 6. The quantitative estimate of drug-likeness (QED) is 0.0452. The zero-order valence-electron chi connectivity index (χ0n) is 101. The molecule has 0 aromatic carbocycles. The van der Waals surface area contributed by atoms with Crippen LogP contribution < -0.4 is 27.4 Å². The Morgan fingerprint density at radius 2 is 0.615 bits per heavy atom. The predicted octanol–water partition coefficient (Wildman–Crippen LogP) is 11.7. The van der Waals surface area contributed by atoms with Crippen molar-refractivity contribution < 1.29 is 83.4 Å². The molecule has 34 heteroatoms. The second-order valence-corrected chi connectivity index (χ2v) is 47.2. The van der Waals surface area contributed by atoms with Crippen molar-refractivity contribution in [2.75, 3.05) is 206 Å². The molecule has 0 radical (unpaired) electrons. The number of carbonyl (C=O) groups excluding carboxylic acids is 10. The van der Waals surface area contributed by atoms with Crippen molar-refractivity contribution in [3.05, 3.63) is 0 Å². The second kappa shape index (κ2) is 84.4. The number of nitrogens with two attached hydrogens (primary N) is 2. The molecule has 0 atom stereocenters. The number of aliphatic hydroxyl groups is 5. The van der Waals surface area contributed by atoms with Gasteiger partial charge in [-0.05, 0) is 238 Å². The van der Waals surface area contributed by atoms with Gasteiger partial charge in [0.2, 0.25) is 47.3 Å². The summed E-state index contributed by atoms with van der Waals surface area (Å²) < 4.78 is 0. The Balaban J connectivity index is -0.000000763. The maximum Gasteiger partial charge on any atom is 0.305 e. The van der Waals surface area contributed by atoms with Crippen LogP contribution in [0.25, 0.3) is 0 Å². The fourth-order valence-electron chi connectivity index (χ4n) is 16.2. The number of Topliss-reactive ketones (excluding diaryl/α,β-unsaturated/α-hetero) is 2. The monoisotopic (exact) mass is 2110 g/mol. The summed E-state index contributed by atoms with van der Waals surface area (Å²) in [5, 5.41) is 61.4. The summed E-state index contributed by atoms with van der Waals surface area (Å²) in [6.07, 6.45) is 17.8. The van der Waals surface area contributed by atoms with Crippen LogP contribution in [0.4, 0.5) is 0 Å². The molecule has 13 N–H and O–H groups in total. The first-order valence-corrected chi connectivity index (χ1v) is 57.1. The van der Waals surface area contributed by atoms with Gasteiger partial charge >= 0.3 is 5.97 Å². The number of carbonyl (C=O) groups is 11. The molecule has 0 spiro atoms. The Hall–Kier alpha value is -5.99. The van der Waals surface area contributed by atoms with Gasteiger partial charge in [0, 0.05) is 245 Å². The number of aliphatic carboxylic acids is 1. The van der Waals surface area contributed by atoms with Crippen molar-refractivity contribution in [2.45, 2.75) is 397 Å². The first kappa shape index (κ1) is 148. The summed E-state index contributed by atoms with van der Waals surface area (Å²) in [6.45, 7) is 85.0. The standard InChI is InChI=1S/C15H29N3O.2C10H20N2O.C10H19NO2.2C9H18N2O.C9H17NO2.C8H18N2.C8H17NO.C7H14O2.C6H12O.C5H12O.C4H9NO.C4H8O2/c1-15(2,3)14(19)18-7-5-13(6-8-18)17-11-9-16(4)10-12-17;2*1-8(2)10(13)11-9-4-6-12(3)7-5-9;1-7(2)10(13)11-8-3-5-9(12)6-4-8;1-8(2)9(12)11-6-4-10(3)5-7-11;1-7(2)11-5-3-8(4-6-11)9(10)12;1-7(2)9(12)10-5-3-8(11)4-6-10;1-8(2)10-6-4-9(3)5-7-10;1-7(2)9-5-3-8(10)4-6-9;1-6(2)7(9)4-3-5-8;1-4-6(7)5(2)3;1-5(2)3-4-6;2*1-3(2)4(5)6/h13H,5-12H2,1-4H3;2*8-9H,4-7H2,1-3H3,(H,11,13);7-9,12H,3-6H2,1-2H3,(H,11,13);8H,4-7H2,1-3H3;7-8H,3-6H2,1-2H3,(H2,10,12);7-8,11H,3-6H2,1-2H3;8H,4-7H2,1-3H3;7-8,10H,3-6H2,1-2H3;6,8H,3-5H2,1-2H3;5H,4H2,1-3H3;5-6H,3-4H2,1-2H3;3H,1-2H3,(H2,5,6);3H,1-2H3,(H,5,6). The van der Waals surface area contributed by atoms with Crippen LogP contribution in [0.1, 0.15) is 336 Å². The van der Waals surface area contributed by atoms with E-state index in [0.717, 1.165) is 220 Å². The maximum atomic E-state index is 12.3. The van der Waals surface area contributed by atoms with E-state index in [1.165, 1.54) is 52.4 Å². The van der Waals surface area contributed by atoms with E-state index in [4.69, 9.17) is 26.8 Å². The molecule has 10 rings (SSSR count). The number of nitrogens with zero attached hydrogens (tertiary/aromatic N) is 12. The average Bonchev–Trinajstić information content (AvgIpc) is 0.817. The Kier molecular flexibility index (Phi) is 84.5. The van der Waals surface area contributed by atoms with E-state index in [-0.39, 0.29) is 131 Å². The Labute approximate surface area is 902 Å². The van der Waals surface area contributed by atoms with E-state index in [9.17, 15) is 68.1 Å². The number of aliphatic hydroxyl groups excluding tert-OH is 5. The summed E-state index contributed by atoms with van der Waals surface area (Å²) >= 11 is 0. The number of ketones is 2. The van der Waals surface area contributed by atoms with Crippen LogP contribution in [0.2, 0.25) is 0 Å². The summed E-state index contributed by atoms with van der Waals surface area (Å²) in [7, 11) is 10.7. The van der Waals surface area contributed by atoms with Gasteiger partial charge in [-0.15, -0.1) is 0 Å². The fourth-order valence-corrected chi connectivity index (χ4v) is 16.2. The van der Waals surface area contributed by atoms with E-state index in [0.29, 0.717) is 85.6 Å². The largest absolute Gasteiger partial charge is 0.481 e. The zero-order valence-corrected chi connectivity index (χ0v) is 101. The molecule has 9 heterocycles. The number of likely N-dealkylation sites (N-methyl/N-ethyl adjacent to an activating group) is 3. The summed E-state index contributed by atoms with van der Waals surface area (Å²) in [4.78, 5) is 148. The molecule has 10 fully saturated rings. The molecule has 874 valence electrons. The van der Waals surface area contributed by atoms with Crippen molar-refractivity contribution in [1.82, 2.24) is 74.7 Å². The third-order valence-corrected chi connectivity index (χ3v) is 27.9. The van der Waals surface area contributed by atoms with Crippen LogP contribution in [0.3, 0.4) is 0 Å². The lowest BCUT2D eigenvalue weighted by atomic mass is 9.92. The van der Waals surface area contributed by atoms with Gasteiger partial charge in [0.05, 0.1) is 24.2 Å². The first-order chi connectivity index (χ1) is 68.8. The molecular formula is C114H231N17O17. The van der Waals surface area contributed by atoms with Crippen LogP contribution in [0.15, 0.2) is 0 Å². The molecule has 8 amide bonds. The highest BCUT2D eigenvalue weighted by Crippen LogP contribution is 2.26. The number of primary amides is 2. The molecule has 1 saturated carbocycles. The molecular weight excluding hydrogens is 1880 g/mol. The van der Waals surface area contributed by atoms with Crippen LogP contribution in [-0.4, -0.2) is 420 Å². The average molecular weight is 2110 g/mol. The topological polar surface area (TPSA) is 436 Å². The summed E-state index contributed by atoms with van der Waals surface area (Å²) in [6, 6.07) is 3.77. The molecule has 0 bridgehead atoms. The fraction of sp³-hybridized carbons (Fsp3) is 0.904. The summed E-state index contributed by atoms with van der Waals surface area (Å²) in [5.74, 6) is 2.19. The summed E-state index contributed by atoms with van der Waals surface area (Å²) in [5.41, 5.74) is 9.79. The van der Waals surface area contributed by atoms with Crippen molar-refractivity contribution in [2.24, 2.45) is 82.0 Å². The minimum atomic E-state index is -0.741. The van der Waals surface area contributed by atoms with Gasteiger partial charge in [0.15, 0.2) is 0 Å². The smallest absolute Gasteiger partial charge is 0.305 e. The predicted molar refractivity (Wildman–Crippen MR) is 606 cm³/mol. The van der Waals surface area contributed by atoms with Crippen LogP contribution in [-0.2, 0) is 52.7 Å². The van der Waals surface area contributed by atoms with Gasteiger partial charge in [0.25, 0.3) is 0 Å². The van der Waals surface area contributed by atoms with Gasteiger partial charge in [0.1, 0.15) is 11.6 Å². The van der Waals surface area contributed by atoms with E-state index in [1.54, 1.807) is 27.7 Å².